The minimum absolute atomic E-state index is 0.0592. The average molecular weight is 532 g/mol. The summed E-state index contributed by atoms with van der Waals surface area (Å²) in [5.74, 6) is -0.203. The van der Waals surface area contributed by atoms with Crippen molar-refractivity contribution in [1.29, 1.82) is 0 Å². The summed E-state index contributed by atoms with van der Waals surface area (Å²) in [7, 11) is 2.91. The van der Waals surface area contributed by atoms with E-state index in [1.165, 1.54) is 24.4 Å². The van der Waals surface area contributed by atoms with Crippen molar-refractivity contribution in [2.24, 2.45) is 4.99 Å². The molecule has 1 unspecified atom stereocenters. The van der Waals surface area contributed by atoms with Crippen molar-refractivity contribution in [3.8, 4) is 5.75 Å². The fourth-order valence-corrected chi connectivity index (χ4v) is 5.07. The summed E-state index contributed by atoms with van der Waals surface area (Å²) in [5, 5.41) is 2.68. The highest BCUT2D eigenvalue weighted by atomic mass is 32.2. The van der Waals surface area contributed by atoms with E-state index in [4.69, 9.17) is 14.5 Å². The SMILES string of the molecule is COC(=O)c1ccc(NC(=O)C2CC(=O)N(CCCc3ccccc3)C(=Nc3ccc(OC)cc3)S2)cc1. The van der Waals surface area contributed by atoms with Gasteiger partial charge in [-0.1, -0.05) is 42.1 Å². The van der Waals surface area contributed by atoms with Crippen LogP contribution >= 0.6 is 11.8 Å². The number of carbonyl (C=O) groups is 3. The first-order valence-corrected chi connectivity index (χ1v) is 13.1. The van der Waals surface area contributed by atoms with Gasteiger partial charge in [0.2, 0.25) is 11.8 Å². The molecule has 0 aliphatic carbocycles. The summed E-state index contributed by atoms with van der Waals surface area (Å²) >= 11 is 1.27. The summed E-state index contributed by atoms with van der Waals surface area (Å²) in [4.78, 5) is 44.4. The van der Waals surface area contributed by atoms with Gasteiger partial charge in [0.15, 0.2) is 5.17 Å². The molecule has 3 aromatic carbocycles. The molecule has 0 bridgehead atoms. The Balaban J connectivity index is 1.49. The number of amidine groups is 1. The molecule has 0 saturated carbocycles. The number of methoxy groups -OCH3 is 2. The predicted molar refractivity (Wildman–Crippen MR) is 149 cm³/mol. The Bertz CT molecular complexity index is 1290. The van der Waals surface area contributed by atoms with Gasteiger partial charge >= 0.3 is 5.97 Å². The number of amides is 2. The summed E-state index contributed by atoms with van der Waals surface area (Å²) in [6, 6.07) is 23.7. The molecule has 1 N–H and O–H groups in total. The van der Waals surface area contributed by atoms with Crippen LogP contribution in [-0.2, 0) is 20.7 Å². The van der Waals surface area contributed by atoms with Gasteiger partial charge < -0.3 is 14.8 Å². The largest absolute Gasteiger partial charge is 0.497 e. The van der Waals surface area contributed by atoms with Gasteiger partial charge in [0.25, 0.3) is 0 Å². The van der Waals surface area contributed by atoms with Gasteiger partial charge in [0.1, 0.15) is 11.0 Å². The Hall–Kier alpha value is -4.11. The molecule has 1 fully saturated rings. The highest BCUT2D eigenvalue weighted by Crippen LogP contribution is 2.31. The van der Waals surface area contributed by atoms with E-state index in [0.29, 0.717) is 34.4 Å². The van der Waals surface area contributed by atoms with E-state index < -0.39 is 11.2 Å². The van der Waals surface area contributed by atoms with Crippen LogP contribution in [0.2, 0.25) is 0 Å². The zero-order valence-electron chi connectivity index (χ0n) is 21.3. The van der Waals surface area contributed by atoms with Crippen molar-refractivity contribution in [2.75, 3.05) is 26.1 Å². The van der Waals surface area contributed by atoms with Crippen molar-refractivity contribution in [2.45, 2.75) is 24.5 Å². The Labute approximate surface area is 226 Å². The zero-order chi connectivity index (χ0) is 26.9. The number of carbonyl (C=O) groups excluding carboxylic acids is 3. The van der Waals surface area contributed by atoms with Crippen molar-refractivity contribution in [1.82, 2.24) is 4.90 Å². The average Bonchev–Trinajstić information content (AvgIpc) is 2.95. The summed E-state index contributed by atoms with van der Waals surface area (Å²) in [6.45, 7) is 0.499. The number of anilines is 1. The third-order valence-electron chi connectivity index (χ3n) is 5.99. The number of thioether (sulfide) groups is 1. The van der Waals surface area contributed by atoms with Crippen LogP contribution in [0.3, 0.4) is 0 Å². The molecule has 9 heteroatoms. The number of aliphatic imine (C=N–C) groups is 1. The molecule has 8 nitrogen and oxygen atoms in total. The van der Waals surface area contributed by atoms with Gasteiger partial charge in [0, 0.05) is 18.7 Å². The van der Waals surface area contributed by atoms with E-state index in [0.717, 1.165) is 12.8 Å². The fraction of sp³-hybridized carbons (Fsp3) is 0.241. The number of nitrogens with one attached hydrogen (secondary N) is 1. The number of aryl methyl sites for hydroxylation is 1. The first-order valence-electron chi connectivity index (χ1n) is 12.2. The molecule has 0 spiro atoms. The third-order valence-corrected chi connectivity index (χ3v) is 7.18. The van der Waals surface area contributed by atoms with Gasteiger partial charge in [-0.3, -0.25) is 14.5 Å². The Morgan fingerprint density at radius 2 is 1.71 bits per heavy atom. The monoisotopic (exact) mass is 531 g/mol. The normalized spacial score (nSPS) is 16.3. The first kappa shape index (κ1) is 26.9. The van der Waals surface area contributed by atoms with Crippen LogP contribution in [0.4, 0.5) is 11.4 Å². The Morgan fingerprint density at radius 3 is 2.37 bits per heavy atom. The van der Waals surface area contributed by atoms with E-state index in [1.54, 1.807) is 48.4 Å². The molecule has 1 aliphatic rings. The number of benzene rings is 3. The van der Waals surface area contributed by atoms with Crippen LogP contribution in [0.5, 0.6) is 5.75 Å². The van der Waals surface area contributed by atoms with E-state index in [2.05, 4.69) is 17.4 Å². The molecule has 38 heavy (non-hydrogen) atoms. The fourth-order valence-electron chi connectivity index (χ4n) is 3.94. The van der Waals surface area contributed by atoms with Crippen LogP contribution in [0, 0.1) is 0 Å². The van der Waals surface area contributed by atoms with Gasteiger partial charge in [-0.25, -0.2) is 9.79 Å². The molecule has 1 saturated heterocycles. The summed E-state index contributed by atoms with van der Waals surface area (Å²) < 4.78 is 9.94. The van der Waals surface area contributed by atoms with Crippen LogP contribution in [0.25, 0.3) is 0 Å². The Morgan fingerprint density at radius 1 is 1.00 bits per heavy atom. The quantitative estimate of drug-likeness (QED) is 0.387. The topological polar surface area (TPSA) is 97.3 Å². The van der Waals surface area contributed by atoms with Crippen LogP contribution in [0.1, 0.15) is 28.8 Å². The number of hydrogen-bond acceptors (Lipinski definition) is 7. The molecule has 4 rings (SSSR count). The van der Waals surface area contributed by atoms with Crippen molar-refractivity contribution in [3.63, 3.8) is 0 Å². The van der Waals surface area contributed by atoms with Crippen molar-refractivity contribution in [3.05, 3.63) is 90.0 Å². The standard InChI is InChI=1S/C29H29N3O5S/c1-36-24-16-14-23(15-17-24)31-29-32(18-6-9-20-7-4-3-5-8-20)26(33)19-25(38-29)27(34)30-22-12-10-21(11-13-22)28(35)37-2/h3-5,7-8,10-17,25H,6,9,18-19H2,1-2H3,(H,30,34). The van der Waals surface area contributed by atoms with Crippen LogP contribution in [-0.4, -0.2) is 53.9 Å². The van der Waals surface area contributed by atoms with Gasteiger partial charge in [-0.15, -0.1) is 0 Å². The molecule has 2 amide bonds. The van der Waals surface area contributed by atoms with Crippen molar-refractivity contribution >= 4 is 46.1 Å². The third kappa shape index (κ3) is 7.01. The van der Waals surface area contributed by atoms with Crippen molar-refractivity contribution < 1.29 is 23.9 Å². The number of esters is 1. The second kappa shape index (κ2) is 12.9. The highest BCUT2D eigenvalue weighted by Gasteiger charge is 2.35. The molecule has 1 aliphatic heterocycles. The predicted octanol–water partition coefficient (Wildman–Crippen LogP) is 5.07. The van der Waals surface area contributed by atoms with E-state index in [-0.39, 0.29) is 18.2 Å². The van der Waals surface area contributed by atoms with Crippen LogP contribution < -0.4 is 10.1 Å². The lowest BCUT2D eigenvalue weighted by Gasteiger charge is -2.32. The maximum atomic E-state index is 13.2. The lowest BCUT2D eigenvalue weighted by molar-refractivity contribution is -0.129. The van der Waals surface area contributed by atoms with Gasteiger partial charge in [-0.2, -0.15) is 0 Å². The smallest absolute Gasteiger partial charge is 0.337 e. The molecular formula is C29H29N3O5S. The maximum Gasteiger partial charge on any atom is 0.337 e. The number of hydrogen-bond donors (Lipinski definition) is 1. The highest BCUT2D eigenvalue weighted by molar-refractivity contribution is 8.15. The lowest BCUT2D eigenvalue weighted by atomic mass is 10.1. The molecule has 0 radical (unpaired) electrons. The maximum absolute atomic E-state index is 13.2. The van der Waals surface area contributed by atoms with E-state index in [9.17, 15) is 14.4 Å². The van der Waals surface area contributed by atoms with Gasteiger partial charge in [0.05, 0.1) is 25.5 Å². The summed E-state index contributed by atoms with van der Waals surface area (Å²) in [6.07, 6.45) is 1.65. The molecular weight excluding hydrogens is 502 g/mol. The zero-order valence-corrected chi connectivity index (χ0v) is 22.1. The second-order valence-electron chi connectivity index (χ2n) is 8.60. The number of ether oxygens (including phenoxy) is 2. The molecule has 196 valence electrons. The number of nitrogens with zero attached hydrogens (tertiary/aromatic N) is 2. The van der Waals surface area contributed by atoms with E-state index >= 15 is 0 Å². The Kier molecular flexibility index (Phi) is 9.16. The van der Waals surface area contributed by atoms with Crippen LogP contribution in [0.15, 0.2) is 83.9 Å². The summed E-state index contributed by atoms with van der Waals surface area (Å²) in [5.41, 5.74) is 2.77. The first-order chi connectivity index (χ1) is 18.5. The number of rotatable bonds is 9. The van der Waals surface area contributed by atoms with E-state index in [1.807, 2.05) is 30.3 Å². The molecule has 0 aromatic heterocycles. The molecule has 3 aromatic rings. The second-order valence-corrected chi connectivity index (χ2v) is 9.77. The molecule has 1 heterocycles. The minimum atomic E-state index is -0.648. The molecule has 1 atom stereocenters. The minimum Gasteiger partial charge on any atom is -0.497 e. The lowest BCUT2D eigenvalue weighted by Crippen LogP contribution is -2.45. The van der Waals surface area contributed by atoms with Gasteiger partial charge in [-0.05, 0) is 66.9 Å².